The Bertz CT molecular complexity index is 672. The van der Waals surface area contributed by atoms with Gasteiger partial charge in [0.05, 0.1) is 0 Å². The third kappa shape index (κ3) is 4.16. The molecule has 2 aromatic rings. The maximum Gasteiger partial charge on any atom is 0.287 e. The molecule has 130 valence electrons. The van der Waals surface area contributed by atoms with E-state index < -0.39 is 0 Å². The van der Waals surface area contributed by atoms with Crippen LogP contribution in [0.2, 0.25) is 0 Å². The molecule has 3 rings (SSSR count). The molecule has 1 aromatic heterocycles. The van der Waals surface area contributed by atoms with Gasteiger partial charge in [-0.2, -0.15) is 0 Å². The summed E-state index contributed by atoms with van der Waals surface area (Å²) < 4.78 is 18.6. The van der Waals surface area contributed by atoms with Gasteiger partial charge >= 0.3 is 0 Å². The van der Waals surface area contributed by atoms with Gasteiger partial charge in [-0.3, -0.25) is 4.79 Å². The summed E-state index contributed by atoms with van der Waals surface area (Å²) in [5, 5.41) is 3.04. The average Bonchev–Trinajstić information content (AvgIpc) is 3.06. The highest BCUT2D eigenvalue weighted by Crippen LogP contribution is 2.25. The Morgan fingerprint density at radius 2 is 1.88 bits per heavy atom. The summed E-state index contributed by atoms with van der Waals surface area (Å²) in [6.45, 7) is 0.587. The zero-order valence-electron chi connectivity index (χ0n) is 13.3. The number of amides is 1. The molecule has 1 heterocycles. The van der Waals surface area contributed by atoms with Crippen molar-refractivity contribution in [1.82, 2.24) is 5.32 Å². The van der Waals surface area contributed by atoms with E-state index in [0.29, 0.717) is 18.2 Å². The van der Waals surface area contributed by atoms with Crippen molar-refractivity contribution in [3.63, 3.8) is 0 Å². The lowest BCUT2D eigenvalue weighted by Crippen LogP contribution is -2.44. The zero-order valence-corrected chi connectivity index (χ0v) is 14.2. The molecule has 24 heavy (non-hydrogen) atoms. The van der Waals surface area contributed by atoms with E-state index in [1.165, 1.54) is 18.6 Å². The zero-order chi connectivity index (χ0) is 16.2. The van der Waals surface area contributed by atoms with E-state index in [1.54, 1.807) is 24.3 Å². The van der Waals surface area contributed by atoms with Crippen LogP contribution in [0.25, 0.3) is 11.3 Å². The normalized spacial score (nSPS) is 20.2. The number of furan rings is 1. The fourth-order valence-corrected chi connectivity index (χ4v) is 3.15. The van der Waals surface area contributed by atoms with E-state index in [2.05, 4.69) is 5.32 Å². The van der Waals surface area contributed by atoms with Gasteiger partial charge in [-0.15, -0.1) is 12.4 Å². The molecule has 0 bridgehead atoms. The standard InChI is InChI=1S/C18H21FN2O2.ClH/c19-14-7-5-12(6-8-14)16-9-10-17(23-16)18(22)21-15-4-2-1-3-13(15)11-20;/h5-10,13,15H,1-4,11,20H2,(H,21,22);1H. The number of carbonyl (C=O) groups is 1. The van der Waals surface area contributed by atoms with Crippen LogP contribution in [0.4, 0.5) is 4.39 Å². The van der Waals surface area contributed by atoms with Crippen molar-refractivity contribution in [2.24, 2.45) is 11.7 Å². The van der Waals surface area contributed by atoms with Crippen LogP contribution < -0.4 is 11.1 Å². The fourth-order valence-electron chi connectivity index (χ4n) is 3.15. The van der Waals surface area contributed by atoms with Crippen LogP contribution >= 0.6 is 12.4 Å². The lowest BCUT2D eigenvalue weighted by Gasteiger charge is -2.30. The predicted octanol–water partition coefficient (Wildman–Crippen LogP) is 3.75. The van der Waals surface area contributed by atoms with E-state index in [9.17, 15) is 9.18 Å². The minimum absolute atomic E-state index is 0. The first-order valence-electron chi connectivity index (χ1n) is 8.04. The summed E-state index contributed by atoms with van der Waals surface area (Å²) in [6, 6.07) is 9.47. The summed E-state index contributed by atoms with van der Waals surface area (Å²) >= 11 is 0. The van der Waals surface area contributed by atoms with Gasteiger partial charge < -0.3 is 15.5 Å². The van der Waals surface area contributed by atoms with Crippen molar-refractivity contribution >= 4 is 18.3 Å². The van der Waals surface area contributed by atoms with Gasteiger partial charge in [0.15, 0.2) is 5.76 Å². The molecule has 0 spiro atoms. The number of carbonyl (C=O) groups excluding carboxylic acids is 1. The summed E-state index contributed by atoms with van der Waals surface area (Å²) in [5.41, 5.74) is 6.53. The molecule has 1 saturated carbocycles. The number of hydrogen-bond donors (Lipinski definition) is 2. The third-order valence-corrected chi connectivity index (χ3v) is 4.49. The molecule has 0 saturated heterocycles. The minimum atomic E-state index is -0.302. The number of hydrogen-bond acceptors (Lipinski definition) is 3. The Labute approximate surface area is 147 Å². The van der Waals surface area contributed by atoms with Crippen molar-refractivity contribution in [2.75, 3.05) is 6.54 Å². The molecule has 2 atom stereocenters. The maximum atomic E-state index is 13.0. The lowest BCUT2D eigenvalue weighted by atomic mass is 9.84. The Morgan fingerprint density at radius 1 is 1.17 bits per heavy atom. The van der Waals surface area contributed by atoms with Gasteiger partial charge in [-0.1, -0.05) is 12.8 Å². The fraction of sp³-hybridized carbons (Fsp3) is 0.389. The second-order valence-corrected chi connectivity index (χ2v) is 6.03. The number of benzene rings is 1. The third-order valence-electron chi connectivity index (χ3n) is 4.49. The lowest BCUT2D eigenvalue weighted by molar-refractivity contribution is 0.0880. The van der Waals surface area contributed by atoms with Crippen molar-refractivity contribution in [1.29, 1.82) is 0 Å². The first kappa shape index (κ1) is 18.5. The number of nitrogens with two attached hydrogens (primary N) is 1. The minimum Gasteiger partial charge on any atom is -0.451 e. The van der Waals surface area contributed by atoms with Crippen LogP contribution in [0.15, 0.2) is 40.8 Å². The first-order valence-corrected chi connectivity index (χ1v) is 8.04. The SMILES string of the molecule is Cl.NCC1CCCCC1NC(=O)c1ccc(-c2ccc(F)cc2)o1. The van der Waals surface area contributed by atoms with E-state index in [4.69, 9.17) is 10.2 Å². The van der Waals surface area contributed by atoms with Crippen molar-refractivity contribution < 1.29 is 13.6 Å². The molecule has 1 aromatic carbocycles. The van der Waals surface area contributed by atoms with Gasteiger partial charge in [0.25, 0.3) is 5.91 Å². The van der Waals surface area contributed by atoms with Gasteiger partial charge in [0, 0.05) is 11.6 Å². The number of halogens is 2. The van der Waals surface area contributed by atoms with E-state index >= 15 is 0 Å². The molecule has 6 heteroatoms. The summed E-state index contributed by atoms with van der Waals surface area (Å²) in [5.74, 6) is 0.631. The van der Waals surface area contributed by atoms with Crippen LogP contribution in [-0.2, 0) is 0 Å². The molecular weight excluding hydrogens is 331 g/mol. The van der Waals surface area contributed by atoms with E-state index in [0.717, 1.165) is 24.8 Å². The van der Waals surface area contributed by atoms with E-state index in [-0.39, 0.29) is 35.9 Å². The topological polar surface area (TPSA) is 68.3 Å². The quantitative estimate of drug-likeness (QED) is 0.880. The molecular formula is C18H22ClFN2O2. The highest BCUT2D eigenvalue weighted by Gasteiger charge is 2.26. The number of rotatable bonds is 4. The summed E-state index contributed by atoms with van der Waals surface area (Å²) in [4.78, 5) is 12.4. The second-order valence-electron chi connectivity index (χ2n) is 6.03. The smallest absolute Gasteiger partial charge is 0.287 e. The molecule has 0 aliphatic heterocycles. The largest absolute Gasteiger partial charge is 0.451 e. The van der Waals surface area contributed by atoms with Crippen molar-refractivity contribution in [3.8, 4) is 11.3 Å². The van der Waals surface area contributed by atoms with E-state index in [1.807, 2.05) is 0 Å². The Kier molecular flexibility index (Phi) is 6.40. The van der Waals surface area contributed by atoms with Crippen LogP contribution in [0.3, 0.4) is 0 Å². The highest BCUT2D eigenvalue weighted by atomic mass is 35.5. The highest BCUT2D eigenvalue weighted by molar-refractivity contribution is 5.92. The maximum absolute atomic E-state index is 13.0. The average molecular weight is 353 g/mol. The Balaban J connectivity index is 0.00000208. The van der Waals surface area contributed by atoms with Gasteiger partial charge in [-0.25, -0.2) is 4.39 Å². The van der Waals surface area contributed by atoms with Crippen LogP contribution in [0, 0.1) is 11.7 Å². The summed E-state index contributed by atoms with van der Waals surface area (Å²) in [7, 11) is 0. The molecule has 4 nitrogen and oxygen atoms in total. The summed E-state index contributed by atoms with van der Waals surface area (Å²) in [6.07, 6.45) is 4.30. The Morgan fingerprint density at radius 3 is 2.58 bits per heavy atom. The predicted molar refractivity (Wildman–Crippen MR) is 93.6 cm³/mol. The Hall–Kier alpha value is -1.85. The van der Waals surface area contributed by atoms with Gasteiger partial charge in [0.2, 0.25) is 0 Å². The molecule has 2 unspecified atom stereocenters. The van der Waals surface area contributed by atoms with Crippen molar-refractivity contribution in [2.45, 2.75) is 31.7 Å². The van der Waals surface area contributed by atoms with Crippen LogP contribution in [0.1, 0.15) is 36.2 Å². The molecule has 3 N–H and O–H groups in total. The molecule has 1 aliphatic carbocycles. The monoisotopic (exact) mass is 352 g/mol. The van der Waals surface area contributed by atoms with Crippen LogP contribution in [0.5, 0.6) is 0 Å². The van der Waals surface area contributed by atoms with Gasteiger partial charge in [0.1, 0.15) is 11.6 Å². The molecule has 1 aliphatic rings. The van der Waals surface area contributed by atoms with Crippen molar-refractivity contribution in [3.05, 3.63) is 48.0 Å². The molecule has 1 fully saturated rings. The number of nitrogens with one attached hydrogen (secondary N) is 1. The first-order chi connectivity index (χ1) is 11.2. The second kappa shape index (κ2) is 8.31. The molecule has 1 amide bonds. The van der Waals surface area contributed by atoms with Crippen LogP contribution in [-0.4, -0.2) is 18.5 Å². The van der Waals surface area contributed by atoms with Gasteiger partial charge in [-0.05, 0) is 61.7 Å². The molecule has 0 radical (unpaired) electrons.